The second-order valence-electron chi connectivity index (χ2n) is 5.62. The predicted molar refractivity (Wildman–Crippen MR) is 89.1 cm³/mol. The lowest BCUT2D eigenvalue weighted by Crippen LogP contribution is -2.34. The van der Waals surface area contributed by atoms with Crippen molar-refractivity contribution in [1.29, 1.82) is 0 Å². The molecular formula is C16H17N3O3S. The first-order chi connectivity index (χ1) is 10.9. The zero-order valence-corrected chi connectivity index (χ0v) is 13.7. The largest absolute Gasteiger partial charge is 0.307 e. The fourth-order valence-corrected chi connectivity index (χ4v) is 4.14. The lowest BCUT2D eigenvalue weighted by molar-refractivity contribution is 0.102. The number of nitrogens with zero attached hydrogens (tertiary/aromatic N) is 2. The summed E-state index contributed by atoms with van der Waals surface area (Å²) in [5.74, 6) is 0.209. The number of fused-ring (bicyclic) bond motifs is 1. The standard InChI is InChI=1S/C16H17N3O3S/c1-11-9-13-10-12(6-7-14(13)19(11)23(2,21)22)16(20)18-15-5-3-4-8-17-15/h3-8,10-11H,9H2,1-2H3,(H,17,18,20)/t11-/m0/s1. The van der Waals surface area contributed by atoms with Gasteiger partial charge in [0, 0.05) is 17.8 Å². The van der Waals surface area contributed by atoms with Gasteiger partial charge in [-0.2, -0.15) is 0 Å². The van der Waals surface area contributed by atoms with Crippen LogP contribution in [0.25, 0.3) is 0 Å². The minimum absolute atomic E-state index is 0.144. The summed E-state index contributed by atoms with van der Waals surface area (Å²) in [6.07, 6.45) is 3.39. The first-order valence-corrected chi connectivity index (χ1v) is 9.06. The van der Waals surface area contributed by atoms with E-state index in [1.165, 1.54) is 10.6 Å². The molecule has 23 heavy (non-hydrogen) atoms. The third-order valence-corrected chi connectivity index (χ3v) is 5.03. The van der Waals surface area contributed by atoms with Gasteiger partial charge in [-0.25, -0.2) is 13.4 Å². The highest BCUT2D eigenvalue weighted by Crippen LogP contribution is 2.34. The van der Waals surface area contributed by atoms with E-state index in [1.54, 1.807) is 42.6 Å². The molecule has 2 heterocycles. The third kappa shape index (κ3) is 3.05. The number of aromatic nitrogens is 1. The first-order valence-electron chi connectivity index (χ1n) is 7.21. The Morgan fingerprint density at radius 2 is 2.09 bits per heavy atom. The van der Waals surface area contributed by atoms with Crippen LogP contribution in [-0.4, -0.2) is 31.6 Å². The summed E-state index contributed by atoms with van der Waals surface area (Å²) in [6.45, 7) is 1.86. The molecule has 1 aliphatic rings. The van der Waals surface area contributed by atoms with Gasteiger partial charge in [0.1, 0.15) is 5.82 Å². The van der Waals surface area contributed by atoms with Crippen molar-refractivity contribution in [1.82, 2.24) is 4.98 Å². The molecule has 120 valence electrons. The lowest BCUT2D eigenvalue weighted by atomic mass is 10.1. The van der Waals surface area contributed by atoms with Crippen molar-refractivity contribution >= 4 is 27.4 Å². The highest BCUT2D eigenvalue weighted by molar-refractivity contribution is 7.92. The summed E-state index contributed by atoms with van der Waals surface area (Å²) in [5, 5.41) is 2.72. The number of benzene rings is 1. The third-order valence-electron chi connectivity index (χ3n) is 3.76. The number of anilines is 2. The molecule has 1 N–H and O–H groups in total. The Labute approximate surface area is 135 Å². The molecule has 7 heteroatoms. The molecule has 1 aromatic heterocycles. The van der Waals surface area contributed by atoms with Crippen molar-refractivity contribution in [3.8, 4) is 0 Å². The Kier molecular flexibility index (Phi) is 3.81. The predicted octanol–water partition coefficient (Wildman–Crippen LogP) is 2.04. The molecule has 6 nitrogen and oxygen atoms in total. The van der Waals surface area contributed by atoms with E-state index in [0.717, 1.165) is 5.56 Å². The zero-order valence-electron chi connectivity index (χ0n) is 12.9. The molecule has 1 aliphatic heterocycles. The maximum absolute atomic E-state index is 12.3. The minimum Gasteiger partial charge on any atom is -0.307 e. The maximum atomic E-state index is 12.3. The first kappa shape index (κ1) is 15.5. The van der Waals surface area contributed by atoms with Gasteiger partial charge in [-0.15, -0.1) is 0 Å². The Bertz CT molecular complexity index is 850. The van der Waals surface area contributed by atoms with Crippen molar-refractivity contribution in [2.45, 2.75) is 19.4 Å². The number of carbonyl (C=O) groups is 1. The van der Waals surface area contributed by atoms with Gasteiger partial charge in [-0.3, -0.25) is 9.10 Å². The van der Waals surface area contributed by atoms with Crippen molar-refractivity contribution in [2.24, 2.45) is 0 Å². The van der Waals surface area contributed by atoms with Crippen molar-refractivity contribution in [2.75, 3.05) is 15.9 Å². The van der Waals surface area contributed by atoms with Crippen LogP contribution in [0.1, 0.15) is 22.8 Å². The summed E-state index contributed by atoms with van der Waals surface area (Å²) >= 11 is 0. The fourth-order valence-electron chi connectivity index (χ4n) is 2.87. The van der Waals surface area contributed by atoms with E-state index in [4.69, 9.17) is 0 Å². The van der Waals surface area contributed by atoms with E-state index in [9.17, 15) is 13.2 Å². The Morgan fingerprint density at radius 1 is 1.30 bits per heavy atom. The van der Waals surface area contributed by atoms with Crippen molar-refractivity contribution in [3.63, 3.8) is 0 Å². The Balaban J connectivity index is 1.88. The molecule has 2 aromatic rings. The highest BCUT2D eigenvalue weighted by Gasteiger charge is 2.32. The smallest absolute Gasteiger partial charge is 0.256 e. The summed E-state index contributed by atoms with van der Waals surface area (Å²) in [5.41, 5.74) is 1.99. The van der Waals surface area contributed by atoms with Gasteiger partial charge >= 0.3 is 0 Å². The van der Waals surface area contributed by atoms with Crippen LogP contribution in [0.15, 0.2) is 42.6 Å². The van der Waals surface area contributed by atoms with E-state index in [-0.39, 0.29) is 11.9 Å². The lowest BCUT2D eigenvalue weighted by Gasteiger charge is -2.21. The van der Waals surface area contributed by atoms with Gasteiger partial charge in [-0.05, 0) is 49.2 Å². The Morgan fingerprint density at radius 3 is 2.74 bits per heavy atom. The van der Waals surface area contributed by atoms with Crippen LogP contribution < -0.4 is 9.62 Å². The SMILES string of the molecule is C[C@H]1Cc2cc(C(=O)Nc3ccccn3)ccc2N1S(C)(=O)=O. The maximum Gasteiger partial charge on any atom is 0.256 e. The molecule has 1 atom stereocenters. The van der Waals surface area contributed by atoms with Crippen LogP contribution in [0.5, 0.6) is 0 Å². The average Bonchev–Trinajstić information content (AvgIpc) is 2.82. The number of rotatable bonds is 3. The molecule has 0 saturated carbocycles. The van der Waals surface area contributed by atoms with Gasteiger partial charge in [0.05, 0.1) is 11.9 Å². The number of hydrogen-bond donors (Lipinski definition) is 1. The summed E-state index contributed by atoms with van der Waals surface area (Å²) in [7, 11) is -3.32. The number of pyridine rings is 1. The number of carbonyl (C=O) groups excluding carboxylic acids is 1. The second-order valence-corrected chi connectivity index (χ2v) is 7.48. The normalized spacial score (nSPS) is 17.0. The number of sulfonamides is 1. The number of hydrogen-bond acceptors (Lipinski definition) is 4. The highest BCUT2D eigenvalue weighted by atomic mass is 32.2. The summed E-state index contributed by atoms with van der Waals surface area (Å²) in [6, 6.07) is 10.2. The summed E-state index contributed by atoms with van der Waals surface area (Å²) in [4.78, 5) is 16.3. The van der Waals surface area contributed by atoms with Crippen LogP contribution in [0.2, 0.25) is 0 Å². The van der Waals surface area contributed by atoms with Gasteiger partial charge in [-0.1, -0.05) is 6.07 Å². The number of amides is 1. The van der Waals surface area contributed by atoms with Crippen molar-refractivity contribution in [3.05, 3.63) is 53.7 Å². The van der Waals surface area contributed by atoms with E-state index in [0.29, 0.717) is 23.5 Å². The van der Waals surface area contributed by atoms with E-state index < -0.39 is 10.0 Å². The van der Waals surface area contributed by atoms with E-state index >= 15 is 0 Å². The Hall–Kier alpha value is -2.41. The molecule has 0 aliphatic carbocycles. The molecular weight excluding hydrogens is 314 g/mol. The van der Waals surface area contributed by atoms with Crippen molar-refractivity contribution < 1.29 is 13.2 Å². The monoisotopic (exact) mass is 331 g/mol. The molecule has 0 saturated heterocycles. The van der Waals surface area contributed by atoms with Crippen LogP contribution in [0.3, 0.4) is 0 Å². The van der Waals surface area contributed by atoms with Gasteiger partial charge in [0.15, 0.2) is 0 Å². The second kappa shape index (κ2) is 5.66. The molecule has 0 radical (unpaired) electrons. The molecule has 0 bridgehead atoms. The minimum atomic E-state index is -3.32. The molecule has 0 unspecified atom stereocenters. The number of nitrogens with one attached hydrogen (secondary N) is 1. The van der Waals surface area contributed by atoms with Crippen LogP contribution in [0.4, 0.5) is 11.5 Å². The van der Waals surface area contributed by atoms with Crippen LogP contribution in [-0.2, 0) is 16.4 Å². The molecule has 1 aromatic carbocycles. The molecule has 1 amide bonds. The van der Waals surface area contributed by atoms with Crippen LogP contribution >= 0.6 is 0 Å². The summed E-state index contributed by atoms with van der Waals surface area (Å²) < 4.78 is 25.2. The average molecular weight is 331 g/mol. The van der Waals surface area contributed by atoms with E-state index in [1.807, 2.05) is 6.92 Å². The molecule has 3 rings (SSSR count). The molecule has 0 fully saturated rings. The van der Waals surface area contributed by atoms with Gasteiger partial charge < -0.3 is 5.32 Å². The quantitative estimate of drug-likeness (QED) is 0.933. The molecule has 0 spiro atoms. The van der Waals surface area contributed by atoms with Gasteiger partial charge in [0.25, 0.3) is 5.91 Å². The van der Waals surface area contributed by atoms with E-state index in [2.05, 4.69) is 10.3 Å². The van der Waals surface area contributed by atoms with Gasteiger partial charge in [0.2, 0.25) is 10.0 Å². The zero-order chi connectivity index (χ0) is 16.6. The van der Waals surface area contributed by atoms with Crippen LogP contribution in [0, 0.1) is 0 Å². The fraction of sp³-hybridized carbons (Fsp3) is 0.250. The topological polar surface area (TPSA) is 79.4 Å².